The fourth-order valence-corrected chi connectivity index (χ4v) is 1.01. The standard InChI is InChI=1S/C7H6N2O5/c1-4-2-7(10)6(9(13)14)3-5(4)8(11)12/h2-3,10H,1H3. The molecule has 0 atom stereocenters. The van der Waals surface area contributed by atoms with E-state index in [4.69, 9.17) is 5.11 Å². The van der Waals surface area contributed by atoms with Gasteiger partial charge in [0.1, 0.15) is 0 Å². The zero-order chi connectivity index (χ0) is 10.9. The Labute approximate surface area is 77.9 Å². The van der Waals surface area contributed by atoms with Crippen LogP contribution >= 0.6 is 0 Å². The largest absolute Gasteiger partial charge is 0.502 e. The summed E-state index contributed by atoms with van der Waals surface area (Å²) in [5, 5.41) is 29.8. The van der Waals surface area contributed by atoms with Gasteiger partial charge in [-0.05, 0) is 13.0 Å². The van der Waals surface area contributed by atoms with E-state index in [9.17, 15) is 20.2 Å². The molecule has 0 fully saturated rings. The molecule has 1 N–H and O–H groups in total. The van der Waals surface area contributed by atoms with Gasteiger partial charge >= 0.3 is 5.69 Å². The average Bonchev–Trinajstić information content (AvgIpc) is 2.02. The van der Waals surface area contributed by atoms with Crippen LogP contribution in [0.5, 0.6) is 5.75 Å². The molecule has 0 aliphatic rings. The molecule has 0 unspecified atom stereocenters. The van der Waals surface area contributed by atoms with Gasteiger partial charge in [0.2, 0.25) is 0 Å². The summed E-state index contributed by atoms with van der Waals surface area (Å²) in [6.07, 6.45) is 0. The molecule has 1 rings (SSSR count). The first-order valence-corrected chi connectivity index (χ1v) is 3.56. The van der Waals surface area contributed by atoms with Crippen LogP contribution in [0.25, 0.3) is 0 Å². The van der Waals surface area contributed by atoms with Crippen LogP contribution in [0.15, 0.2) is 12.1 Å². The van der Waals surface area contributed by atoms with Crippen molar-refractivity contribution in [3.8, 4) is 5.75 Å². The minimum Gasteiger partial charge on any atom is -0.502 e. The van der Waals surface area contributed by atoms with Crippen molar-refractivity contribution in [2.75, 3.05) is 0 Å². The van der Waals surface area contributed by atoms with Crippen LogP contribution in [0.3, 0.4) is 0 Å². The molecule has 0 amide bonds. The smallest absolute Gasteiger partial charge is 0.317 e. The number of benzene rings is 1. The van der Waals surface area contributed by atoms with Gasteiger partial charge in [-0.25, -0.2) is 0 Å². The molecule has 0 aliphatic carbocycles. The van der Waals surface area contributed by atoms with Crippen molar-refractivity contribution >= 4 is 11.4 Å². The van der Waals surface area contributed by atoms with Gasteiger partial charge in [0.15, 0.2) is 5.75 Å². The lowest BCUT2D eigenvalue weighted by Gasteiger charge is -1.98. The third-order valence-electron chi connectivity index (χ3n) is 1.69. The van der Waals surface area contributed by atoms with Crippen molar-refractivity contribution in [1.82, 2.24) is 0 Å². The normalized spacial score (nSPS) is 9.79. The van der Waals surface area contributed by atoms with Crippen LogP contribution in [-0.2, 0) is 0 Å². The highest BCUT2D eigenvalue weighted by Gasteiger charge is 2.21. The SMILES string of the molecule is Cc1cc(O)c([N+](=O)[O-])cc1[N+](=O)[O-]. The van der Waals surface area contributed by atoms with E-state index in [2.05, 4.69) is 0 Å². The second-order valence-electron chi connectivity index (χ2n) is 2.64. The zero-order valence-corrected chi connectivity index (χ0v) is 7.13. The molecule has 1 aromatic rings. The second-order valence-corrected chi connectivity index (χ2v) is 2.64. The van der Waals surface area contributed by atoms with E-state index in [-0.39, 0.29) is 11.3 Å². The van der Waals surface area contributed by atoms with Crippen LogP contribution in [0.1, 0.15) is 5.56 Å². The molecule has 14 heavy (non-hydrogen) atoms. The second kappa shape index (κ2) is 3.29. The Hall–Kier alpha value is -2.18. The van der Waals surface area contributed by atoms with E-state index in [0.717, 1.165) is 12.1 Å². The maximum Gasteiger partial charge on any atom is 0.317 e. The highest BCUT2D eigenvalue weighted by atomic mass is 16.6. The summed E-state index contributed by atoms with van der Waals surface area (Å²) in [6.45, 7) is 1.39. The lowest BCUT2D eigenvalue weighted by molar-refractivity contribution is -0.395. The molecule has 0 saturated heterocycles. The lowest BCUT2D eigenvalue weighted by Crippen LogP contribution is -1.95. The highest BCUT2D eigenvalue weighted by molar-refractivity contribution is 5.56. The van der Waals surface area contributed by atoms with Crippen molar-refractivity contribution in [2.24, 2.45) is 0 Å². The third-order valence-corrected chi connectivity index (χ3v) is 1.69. The number of nitrogens with zero attached hydrogens (tertiary/aromatic N) is 2. The number of phenolic OH excluding ortho intramolecular Hbond substituents is 1. The summed E-state index contributed by atoms with van der Waals surface area (Å²) in [6, 6.07) is 1.74. The Morgan fingerprint density at radius 3 is 2.07 bits per heavy atom. The first-order chi connectivity index (χ1) is 6.43. The number of rotatable bonds is 2. The van der Waals surface area contributed by atoms with Gasteiger partial charge in [0, 0.05) is 5.56 Å². The molecular weight excluding hydrogens is 192 g/mol. The van der Waals surface area contributed by atoms with Crippen LogP contribution in [-0.4, -0.2) is 15.0 Å². The number of hydrogen-bond acceptors (Lipinski definition) is 5. The molecule has 0 radical (unpaired) electrons. The molecular formula is C7H6N2O5. The van der Waals surface area contributed by atoms with Crippen LogP contribution in [0.2, 0.25) is 0 Å². The molecule has 0 saturated carbocycles. The van der Waals surface area contributed by atoms with Crippen molar-refractivity contribution in [1.29, 1.82) is 0 Å². The monoisotopic (exact) mass is 198 g/mol. The lowest BCUT2D eigenvalue weighted by atomic mass is 10.1. The third kappa shape index (κ3) is 1.60. The number of nitro benzene ring substituents is 2. The first-order valence-electron chi connectivity index (χ1n) is 3.56. The number of hydrogen-bond donors (Lipinski definition) is 1. The maximum absolute atomic E-state index is 10.4. The van der Waals surface area contributed by atoms with Crippen molar-refractivity contribution in [3.05, 3.63) is 37.9 Å². The molecule has 7 nitrogen and oxygen atoms in total. The van der Waals surface area contributed by atoms with E-state index in [1.54, 1.807) is 0 Å². The summed E-state index contributed by atoms with van der Waals surface area (Å²) in [7, 11) is 0. The predicted octanol–water partition coefficient (Wildman–Crippen LogP) is 1.52. The van der Waals surface area contributed by atoms with E-state index < -0.39 is 21.3 Å². The Morgan fingerprint density at radius 2 is 1.64 bits per heavy atom. The van der Waals surface area contributed by atoms with Gasteiger partial charge in [-0.1, -0.05) is 0 Å². The molecule has 0 bridgehead atoms. The van der Waals surface area contributed by atoms with E-state index in [1.165, 1.54) is 6.92 Å². The molecule has 1 aromatic carbocycles. The Balaban J connectivity index is 3.42. The minimum atomic E-state index is -0.873. The number of nitro groups is 2. The summed E-state index contributed by atoms with van der Waals surface area (Å²) >= 11 is 0. The molecule has 0 aromatic heterocycles. The Morgan fingerprint density at radius 1 is 1.14 bits per heavy atom. The topological polar surface area (TPSA) is 107 Å². The highest BCUT2D eigenvalue weighted by Crippen LogP contribution is 2.32. The van der Waals surface area contributed by atoms with E-state index in [0.29, 0.717) is 0 Å². The molecule has 7 heteroatoms. The Kier molecular flexibility index (Phi) is 2.32. The molecule has 74 valence electrons. The fourth-order valence-electron chi connectivity index (χ4n) is 1.01. The van der Waals surface area contributed by atoms with Gasteiger partial charge in [0.05, 0.1) is 15.9 Å². The van der Waals surface area contributed by atoms with Gasteiger partial charge in [-0.3, -0.25) is 20.2 Å². The van der Waals surface area contributed by atoms with Gasteiger partial charge in [-0.15, -0.1) is 0 Å². The molecule has 0 spiro atoms. The van der Waals surface area contributed by atoms with Crippen molar-refractivity contribution in [2.45, 2.75) is 6.92 Å². The van der Waals surface area contributed by atoms with Crippen LogP contribution in [0.4, 0.5) is 11.4 Å². The van der Waals surface area contributed by atoms with Gasteiger partial charge in [-0.2, -0.15) is 0 Å². The van der Waals surface area contributed by atoms with E-state index in [1.807, 2.05) is 0 Å². The quantitative estimate of drug-likeness (QED) is 0.572. The van der Waals surface area contributed by atoms with Crippen molar-refractivity contribution in [3.63, 3.8) is 0 Å². The number of aryl methyl sites for hydroxylation is 1. The number of aromatic hydroxyl groups is 1. The molecule has 0 heterocycles. The minimum absolute atomic E-state index is 0.179. The summed E-state index contributed by atoms with van der Waals surface area (Å²) in [5.74, 6) is -0.571. The summed E-state index contributed by atoms with van der Waals surface area (Å²) < 4.78 is 0. The predicted molar refractivity (Wildman–Crippen MR) is 46.2 cm³/mol. The van der Waals surface area contributed by atoms with Crippen molar-refractivity contribution < 1.29 is 15.0 Å². The molecule has 0 aliphatic heterocycles. The van der Waals surface area contributed by atoms with E-state index >= 15 is 0 Å². The maximum atomic E-state index is 10.4. The van der Waals surface area contributed by atoms with Crippen LogP contribution < -0.4 is 0 Å². The number of phenols is 1. The summed E-state index contributed by atoms with van der Waals surface area (Å²) in [5.41, 5.74) is -0.866. The van der Waals surface area contributed by atoms with Crippen LogP contribution in [0, 0.1) is 27.2 Å². The zero-order valence-electron chi connectivity index (χ0n) is 7.13. The van der Waals surface area contributed by atoms with Gasteiger partial charge < -0.3 is 5.11 Å². The first kappa shape index (κ1) is 9.90. The summed E-state index contributed by atoms with van der Waals surface area (Å²) in [4.78, 5) is 19.1. The average molecular weight is 198 g/mol. The van der Waals surface area contributed by atoms with Gasteiger partial charge in [0.25, 0.3) is 5.69 Å². The fraction of sp³-hybridized carbons (Fsp3) is 0.143. The Bertz CT molecular complexity index is 380.